The Morgan fingerprint density at radius 2 is 1.94 bits per heavy atom. The lowest BCUT2D eigenvalue weighted by Gasteiger charge is -2.59. The summed E-state index contributed by atoms with van der Waals surface area (Å²) in [5.74, 6) is -1.04. The molecule has 0 aromatic carbocycles. The minimum Gasteiger partial charge on any atom is -0.481 e. The highest BCUT2D eigenvalue weighted by Gasteiger charge is 2.61. The van der Waals surface area contributed by atoms with Gasteiger partial charge in [0.15, 0.2) is 0 Å². The second-order valence-electron chi connectivity index (χ2n) is 6.41. The summed E-state index contributed by atoms with van der Waals surface area (Å²) in [6.45, 7) is 5.44. The van der Waals surface area contributed by atoms with Crippen LogP contribution in [-0.4, -0.2) is 28.8 Å². The van der Waals surface area contributed by atoms with Crippen LogP contribution < -0.4 is 5.32 Å². The van der Waals surface area contributed by atoms with Crippen molar-refractivity contribution in [3.05, 3.63) is 0 Å². The van der Waals surface area contributed by atoms with Gasteiger partial charge in [-0.15, -0.1) is 0 Å². The molecule has 2 saturated carbocycles. The molecule has 5 heteroatoms. The molecule has 102 valence electrons. The molecular weight excluding hydrogens is 234 g/mol. The Bertz CT molecular complexity index is 368. The third-order valence-corrected chi connectivity index (χ3v) is 4.13. The molecule has 1 amide bonds. The van der Waals surface area contributed by atoms with Gasteiger partial charge in [0.2, 0.25) is 0 Å². The van der Waals surface area contributed by atoms with Crippen LogP contribution in [0.5, 0.6) is 0 Å². The van der Waals surface area contributed by atoms with Gasteiger partial charge < -0.3 is 15.2 Å². The summed E-state index contributed by atoms with van der Waals surface area (Å²) in [5, 5.41) is 12.0. The Labute approximate surface area is 107 Å². The minimum atomic E-state index is -0.739. The van der Waals surface area contributed by atoms with E-state index < -0.39 is 17.7 Å². The maximum Gasteiger partial charge on any atom is 0.407 e. The third kappa shape index (κ3) is 2.18. The number of hydrogen-bond acceptors (Lipinski definition) is 3. The largest absolute Gasteiger partial charge is 0.481 e. The third-order valence-electron chi connectivity index (χ3n) is 4.13. The molecule has 2 aliphatic carbocycles. The molecule has 2 rings (SSSR count). The first-order valence-corrected chi connectivity index (χ1v) is 6.47. The summed E-state index contributed by atoms with van der Waals surface area (Å²) in [4.78, 5) is 22.8. The molecule has 0 heterocycles. The zero-order chi connectivity index (χ0) is 13.6. The van der Waals surface area contributed by atoms with Crippen molar-refractivity contribution in [1.82, 2.24) is 5.32 Å². The van der Waals surface area contributed by atoms with Gasteiger partial charge in [-0.25, -0.2) is 4.79 Å². The fraction of sp³-hybridized carbons (Fsp3) is 0.846. The van der Waals surface area contributed by atoms with E-state index in [1.54, 1.807) is 0 Å². The van der Waals surface area contributed by atoms with Gasteiger partial charge in [0.25, 0.3) is 0 Å². The van der Waals surface area contributed by atoms with Crippen LogP contribution in [0, 0.1) is 11.3 Å². The average molecular weight is 255 g/mol. The number of aliphatic carboxylic acids is 1. The topological polar surface area (TPSA) is 75.6 Å². The SMILES string of the molecule is CC(C)(C)OC(=O)NC1CC(C(=O)O)C12CCC2. The van der Waals surface area contributed by atoms with Crippen molar-refractivity contribution in [3.63, 3.8) is 0 Å². The Balaban J connectivity index is 1.92. The van der Waals surface area contributed by atoms with E-state index >= 15 is 0 Å². The molecule has 0 bridgehead atoms. The number of hydrogen-bond donors (Lipinski definition) is 2. The molecule has 5 nitrogen and oxygen atoms in total. The summed E-state index contributed by atoms with van der Waals surface area (Å²) in [6.07, 6.45) is 2.92. The summed E-state index contributed by atoms with van der Waals surface area (Å²) in [6, 6.07) is -0.0396. The zero-order valence-electron chi connectivity index (χ0n) is 11.2. The van der Waals surface area contributed by atoms with Crippen molar-refractivity contribution in [1.29, 1.82) is 0 Å². The van der Waals surface area contributed by atoms with Crippen LogP contribution in [0.1, 0.15) is 46.5 Å². The van der Waals surface area contributed by atoms with Crippen molar-refractivity contribution < 1.29 is 19.4 Å². The van der Waals surface area contributed by atoms with Gasteiger partial charge in [0.05, 0.1) is 5.92 Å². The van der Waals surface area contributed by atoms with E-state index in [2.05, 4.69) is 5.32 Å². The maximum atomic E-state index is 11.7. The molecule has 2 fully saturated rings. The number of alkyl carbamates (subject to hydrolysis) is 1. The molecule has 0 radical (unpaired) electrons. The first kappa shape index (κ1) is 13.2. The first-order chi connectivity index (χ1) is 8.24. The van der Waals surface area contributed by atoms with E-state index in [0.717, 1.165) is 19.3 Å². The number of carboxylic acids is 1. The van der Waals surface area contributed by atoms with Crippen LogP contribution in [0.25, 0.3) is 0 Å². The van der Waals surface area contributed by atoms with E-state index in [4.69, 9.17) is 9.84 Å². The van der Waals surface area contributed by atoms with Crippen LogP contribution in [-0.2, 0) is 9.53 Å². The monoisotopic (exact) mass is 255 g/mol. The summed E-state index contributed by atoms with van der Waals surface area (Å²) in [7, 11) is 0. The number of rotatable bonds is 2. The Kier molecular flexibility index (Phi) is 3.03. The van der Waals surface area contributed by atoms with Gasteiger partial charge in [-0.1, -0.05) is 6.42 Å². The molecule has 2 aliphatic rings. The molecule has 1 spiro atoms. The lowest BCUT2D eigenvalue weighted by molar-refractivity contribution is -0.167. The van der Waals surface area contributed by atoms with Crippen LogP contribution in [0.15, 0.2) is 0 Å². The summed E-state index contributed by atoms with van der Waals surface area (Å²) in [5.41, 5.74) is -0.727. The Hall–Kier alpha value is -1.26. The number of carboxylic acid groups (broad SMARTS) is 1. The number of amides is 1. The lowest BCUT2D eigenvalue weighted by Crippen LogP contribution is -2.66. The maximum absolute atomic E-state index is 11.7. The van der Waals surface area contributed by atoms with E-state index in [1.807, 2.05) is 20.8 Å². The fourth-order valence-electron chi connectivity index (χ4n) is 3.07. The minimum absolute atomic E-state index is 0.0396. The number of carbonyl (C=O) groups excluding carboxylic acids is 1. The normalized spacial score (nSPS) is 29.1. The molecule has 18 heavy (non-hydrogen) atoms. The Morgan fingerprint density at radius 1 is 1.33 bits per heavy atom. The standard InChI is InChI=1S/C13H21NO4/c1-12(2,3)18-11(17)14-9-7-8(10(15)16)13(9)5-4-6-13/h8-9H,4-7H2,1-3H3,(H,14,17)(H,15,16). The van der Waals surface area contributed by atoms with Gasteiger partial charge in [-0.05, 0) is 40.0 Å². The second kappa shape index (κ2) is 4.14. The van der Waals surface area contributed by atoms with Gasteiger partial charge in [0.1, 0.15) is 5.60 Å². The van der Waals surface area contributed by atoms with Gasteiger partial charge >= 0.3 is 12.1 Å². The van der Waals surface area contributed by atoms with Crippen LogP contribution in [0.4, 0.5) is 4.79 Å². The van der Waals surface area contributed by atoms with E-state index in [1.165, 1.54) is 0 Å². The predicted molar refractivity (Wildman–Crippen MR) is 65.2 cm³/mol. The van der Waals surface area contributed by atoms with Crippen molar-refractivity contribution in [2.75, 3.05) is 0 Å². The van der Waals surface area contributed by atoms with Crippen molar-refractivity contribution in [2.24, 2.45) is 11.3 Å². The van der Waals surface area contributed by atoms with Crippen LogP contribution >= 0.6 is 0 Å². The fourth-order valence-corrected chi connectivity index (χ4v) is 3.07. The zero-order valence-corrected chi connectivity index (χ0v) is 11.2. The van der Waals surface area contributed by atoms with Crippen molar-refractivity contribution >= 4 is 12.1 Å². The highest BCUT2D eigenvalue weighted by Crippen LogP contribution is 2.59. The second-order valence-corrected chi connectivity index (χ2v) is 6.41. The number of nitrogens with one attached hydrogen (secondary N) is 1. The first-order valence-electron chi connectivity index (χ1n) is 6.47. The Morgan fingerprint density at radius 3 is 2.33 bits per heavy atom. The quantitative estimate of drug-likeness (QED) is 0.792. The van der Waals surface area contributed by atoms with Gasteiger partial charge in [-0.2, -0.15) is 0 Å². The van der Waals surface area contributed by atoms with Crippen LogP contribution in [0.2, 0.25) is 0 Å². The number of carbonyl (C=O) groups is 2. The molecule has 2 unspecified atom stereocenters. The molecule has 2 atom stereocenters. The number of ether oxygens (including phenoxy) is 1. The van der Waals surface area contributed by atoms with Gasteiger partial charge in [-0.3, -0.25) is 4.79 Å². The lowest BCUT2D eigenvalue weighted by atomic mass is 9.47. The molecule has 0 aliphatic heterocycles. The molecule has 0 saturated heterocycles. The highest BCUT2D eigenvalue weighted by molar-refractivity contribution is 5.75. The highest BCUT2D eigenvalue weighted by atomic mass is 16.6. The van der Waals surface area contributed by atoms with Crippen molar-refractivity contribution in [2.45, 2.75) is 58.1 Å². The smallest absolute Gasteiger partial charge is 0.407 e. The average Bonchev–Trinajstić information content (AvgIpc) is 2.04. The van der Waals surface area contributed by atoms with Crippen molar-refractivity contribution in [3.8, 4) is 0 Å². The van der Waals surface area contributed by atoms with E-state index in [0.29, 0.717) is 6.42 Å². The van der Waals surface area contributed by atoms with E-state index in [9.17, 15) is 9.59 Å². The molecule has 2 N–H and O–H groups in total. The molecule has 0 aromatic rings. The molecule has 0 aromatic heterocycles. The molecular formula is C13H21NO4. The van der Waals surface area contributed by atoms with Crippen LogP contribution in [0.3, 0.4) is 0 Å². The summed E-state index contributed by atoms with van der Waals surface area (Å²) < 4.78 is 5.20. The van der Waals surface area contributed by atoms with E-state index in [-0.39, 0.29) is 17.4 Å². The summed E-state index contributed by atoms with van der Waals surface area (Å²) >= 11 is 0. The predicted octanol–water partition coefficient (Wildman–Crippen LogP) is 2.15. The van der Waals surface area contributed by atoms with Gasteiger partial charge in [0, 0.05) is 11.5 Å².